The van der Waals surface area contributed by atoms with Gasteiger partial charge < -0.3 is 9.84 Å². The van der Waals surface area contributed by atoms with Crippen LogP contribution >= 0.6 is 0 Å². The number of carboxylic acid groups (broad SMARTS) is 1. The monoisotopic (exact) mass is 261 g/mol. The second-order valence-electron chi connectivity index (χ2n) is 3.70. The fourth-order valence-corrected chi connectivity index (χ4v) is 1.62. The third-order valence-corrected chi connectivity index (χ3v) is 2.39. The predicted octanol–water partition coefficient (Wildman–Crippen LogP) is 2.79. The first kappa shape index (κ1) is 9.02. The quantitative estimate of drug-likeness (QED) is 0.845. The predicted molar refractivity (Wildman–Crippen MR) is 57.3 cm³/mol. The summed E-state index contributed by atoms with van der Waals surface area (Å²) in [7, 11) is 0. The Hall–Kier alpha value is -1.98. The van der Waals surface area contributed by atoms with Gasteiger partial charge in [0, 0.05) is 9.68 Å². The lowest BCUT2D eigenvalue weighted by atomic mass is 10.00. The Morgan fingerprint density at radius 2 is 2.22 bits per heavy atom. The summed E-state index contributed by atoms with van der Waals surface area (Å²) in [6, 6.07) is 3.31. The first-order valence-electron chi connectivity index (χ1n) is 6.33. The summed E-state index contributed by atoms with van der Waals surface area (Å²) in [5, 5.41) is 8.87. The van der Waals surface area contributed by atoms with Crippen molar-refractivity contribution in [1.82, 2.24) is 0 Å². The van der Waals surface area contributed by atoms with Crippen LogP contribution in [-0.2, 0) is 4.79 Å². The number of hydrogen-bond acceptors (Lipinski definition) is 2. The number of aliphatic carboxylic acids is 1. The molecule has 1 atom stereocenters. The zero-order valence-corrected chi connectivity index (χ0v) is 8.78. The van der Waals surface area contributed by atoms with Gasteiger partial charge in [-0.05, 0) is 25.1 Å². The van der Waals surface area contributed by atoms with Crippen LogP contribution in [0.15, 0.2) is 23.8 Å². The molecule has 0 bridgehead atoms. The maximum absolute atomic E-state index is 12.8. The van der Waals surface area contributed by atoms with Gasteiger partial charge >= 0.3 is 12.1 Å². The molecule has 1 aromatic rings. The van der Waals surface area contributed by atoms with E-state index in [1.54, 1.807) is 0 Å². The second-order valence-corrected chi connectivity index (χ2v) is 3.70. The van der Waals surface area contributed by atoms with Crippen LogP contribution in [0, 0.1) is 6.85 Å². The lowest BCUT2D eigenvalue weighted by molar-refractivity contribution is -0.187. The Morgan fingerprint density at radius 3 is 2.78 bits per heavy atom. The molecule has 3 nitrogen and oxygen atoms in total. The SMILES string of the molecule is [2H]C([2H])([2H])c1ccc2c(c1)C=C(C(=O)O)[C@@H](C(F)(F)F)O2. The summed E-state index contributed by atoms with van der Waals surface area (Å²) in [5.74, 6) is -1.99. The summed E-state index contributed by atoms with van der Waals surface area (Å²) in [6.07, 6.45) is -6.68. The average Bonchev–Trinajstić information content (AvgIpc) is 2.34. The Morgan fingerprint density at radius 1 is 1.50 bits per heavy atom. The largest absolute Gasteiger partial charge is 0.478 e. The van der Waals surface area contributed by atoms with Gasteiger partial charge in [0.1, 0.15) is 5.75 Å². The van der Waals surface area contributed by atoms with Crippen LogP contribution in [0.25, 0.3) is 6.08 Å². The van der Waals surface area contributed by atoms with Crippen LogP contribution in [0.5, 0.6) is 5.75 Å². The third kappa shape index (κ3) is 2.18. The number of carboxylic acids is 1. The smallest absolute Gasteiger partial charge is 0.430 e. The van der Waals surface area contributed by atoms with Gasteiger partial charge in [-0.2, -0.15) is 13.2 Å². The molecule has 0 unspecified atom stereocenters. The molecular formula is C12H9F3O3. The molecule has 0 fully saturated rings. The molecule has 1 aliphatic heterocycles. The molecule has 1 heterocycles. The number of rotatable bonds is 1. The van der Waals surface area contributed by atoms with Crippen LogP contribution in [0.2, 0.25) is 0 Å². The van der Waals surface area contributed by atoms with Crippen LogP contribution < -0.4 is 4.74 Å². The van der Waals surface area contributed by atoms with Crippen molar-refractivity contribution >= 4 is 12.0 Å². The highest BCUT2D eigenvalue weighted by atomic mass is 19.4. The maximum Gasteiger partial charge on any atom is 0.430 e. The molecule has 0 aromatic heterocycles. The molecule has 6 heteroatoms. The molecule has 0 spiro atoms. The number of aryl methyl sites for hydroxylation is 1. The number of halogens is 3. The van der Waals surface area contributed by atoms with E-state index in [-0.39, 0.29) is 16.9 Å². The molecule has 0 aliphatic carbocycles. The van der Waals surface area contributed by atoms with E-state index in [1.807, 2.05) is 0 Å². The zero-order chi connectivity index (χ0) is 16.0. The van der Waals surface area contributed by atoms with Gasteiger partial charge in [0.15, 0.2) is 0 Å². The molecule has 0 saturated carbocycles. The molecule has 18 heavy (non-hydrogen) atoms. The average molecular weight is 261 g/mol. The molecule has 0 saturated heterocycles. The van der Waals surface area contributed by atoms with E-state index in [0.29, 0.717) is 0 Å². The van der Waals surface area contributed by atoms with E-state index < -0.39 is 30.7 Å². The highest BCUT2D eigenvalue weighted by Crippen LogP contribution is 2.37. The van der Waals surface area contributed by atoms with Gasteiger partial charge in [-0.3, -0.25) is 0 Å². The zero-order valence-electron chi connectivity index (χ0n) is 11.8. The summed E-state index contributed by atoms with van der Waals surface area (Å²) in [5.41, 5.74) is -1.12. The first-order chi connectivity index (χ1) is 9.50. The van der Waals surface area contributed by atoms with Crippen molar-refractivity contribution < 1.29 is 31.9 Å². The van der Waals surface area contributed by atoms with Crippen molar-refractivity contribution in [3.05, 3.63) is 34.9 Å². The number of carbonyl (C=O) groups is 1. The standard InChI is InChI=1S/C12H9F3O3/c1-6-2-3-9-7(4-6)5-8(11(16)17)10(18-9)12(13,14)15/h2-5,10H,1H3,(H,16,17)/t10-/m0/s1/i1D3. The summed E-state index contributed by atoms with van der Waals surface area (Å²) in [6.45, 7) is -2.45. The van der Waals surface area contributed by atoms with E-state index >= 15 is 0 Å². The minimum Gasteiger partial charge on any atom is -0.478 e. The van der Waals surface area contributed by atoms with E-state index in [0.717, 1.165) is 24.3 Å². The molecule has 2 rings (SSSR count). The number of benzene rings is 1. The van der Waals surface area contributed by atoms with Crippen molar-refractivity contribution in [1.29, 1.82) is 0 Å². The fourth-order valence-electron chi connectivity index (χ4n) is 1.62. The Kier molecular flexibility index (Phi) is 2.03. The number of alkyl halides is 3. The van der Waals surface area contributed by atoms with Crippen LogP contribution in [0.1, 0.15) is 15.2 Å². The third-order valence-electron chi connectivity index (χ3n) is 2.39. The Labute approximate surface area is 105 Å². The van der Waals surface area contributed by atoms with Gasteiger partial charge in [0.05, 0.1) is 5.57 Å². The topological polar surface area (TPSA) is 46.5 Å². The number of fused-ring (bicyclic) bond motifs is 1. The normalized spacial score (nSPS) is 21.8. The van der Waals surface area contributed by atoms with Gasteiger partial charge in [-0.1, -0.05) is 11.6 Å². The van der Waals surface area contributed by atoms with Gasteiger partial charge in [0.25, 0.3) is 0 Å². The number of ether oxygens (including phenoxy) is 1. The summed E-state index contributed by atoms with van der Waals surface area (Å²) in [4.78, 5) is 10.9. The van der Waals surface area contributed by atoms with Crippen LogP contribution in [0.4, 0.5) is 13.2 Å². The molecule has 1 aromatic carbocycles. The van der Waals surface area contributed by atoms with Crippen molar-refractivity contribution in [2.24, 2.45) is 0 Å². The van der Waals surface area contributed by atoms with Gasteiger partial charge in [0.2, 0.25) is 6.10 Å². The fraction of sp³-hybridized carbons (Fsp3) is 0.250. The lowest BCUT2D eigenvalue weighted by Crippen LogP contribution is -2.40. The second kappa shape index (κ2) is 4.04. The summed E-state index contributed by atoms with van der Waals surface area (Å²) < 4.78 is 64.8. The van der Waals surface area contributed by atoms with Crippen molar-refractivity contribution in [2.45, 2.75) is 19.1 Å². The maximum atomic E-state index is 12.8. The highest BCUT2D eigenvalue weighted by Gasteiger charge is 2.48. The van der Waals surface area contributed by atoms with E-state index in [9.17, 15) is 18.0 Å². The number of hydrogen-bond donors (Lipinski definition) is 1. The highest BCUT2D eigenvalue weighted by molar-refractivity contribution is 5.95. The molecular weight excluding hydrogens is 249 g/mol. The molecule has 1 N–H and O–H groups in total. The van der Waals surface area contributed by atoms with Crippen molar-refractivity contribution in [2.75, 3.05) is 0 Å². The van der Waals surface area contributed by atoms with Crippen molar-refractivity contribution in [3.8, 4) is 5.75 Å². The van der Waals surface area contributed by atoms with Gasteiger partial charge in [-0.15, -0.1) is 0 Å². The molecule has 96 valence electrons. The van der Waals surface area contributed by atoms with E-state index in [1.165, 1.54) is 0 Å². The molecule has 0 radical (unpaired) electrons. The van der Waals surface area contributed by atoms with Crippen molar-refractivity contribution in [3.63, 3.8) is 0 Å². The van der Waals surface area contributed by atoms with Gasteiger partial charge in [-0.25, -0.2) is 4.79 Å². The first-order valence-corrected chi connectivity index (χ1v) is 4.83. The van der Waals surface area contributed by atoms with E-state index in [2.05, 4.69) is 4.74 Å². The Bertz CT molecular complexity index is 620. The minimum absolute atomic E-state index is 0.0125. The lowest BCUT2D eigenvalue weighted by Gasteiger charge is -2.27. The molecule has 1 aliphatic rings. The van der Waals surface area contributed by atoms with Crippen LogP contribution in [-0.4, -0.2) is 23.4 Å². The van der Waals surface area contributed by atoms with Crippen LogP contribution in [0.3, 0.4) is 0 Å². The molecule has 0 amide bonds. The minimum atomic E-state index is -4.88. The summed E-state index contributed by atoms with van der Waals surface area (Å²) >= 11 is 0. The Balaban J connectivity index is 2.54. The van der Waals surface area contributed by atoms with E-state index in [4.69, 9.17) is 9.22 Å².